The van der Waals surface area contributed by atoms with Crippen LogP contribution in [0.25, 0.3) is 5.69 Å². The number of benzene rings is 2. The third-order valence-electron chi connectivity index (χ3n) is 4.26. The molecule has 1 heterocycles. The summed E-state index contributed by atoms with van der Waals surface area (Å²) < 4.78 is 1.58. The van der Waals surface area contributed by atoms with Crippen LogP contribution < -0.4 is 11.1 Å². The summed E-state index contributed by atoms with van der Waals surface area (Å²) in [4.78, 5) is 12.2. The van der Waals surface area contributed by atoms with Crippen molar-refractivity contribution >= 4 is 11.7 Å². The highest BCUT2D eigenvalue weighted by molar-refractivity contribution is 5.94. The van der Waals surface area contributed by atoms with Crippen LogP contribution in [0.15, 0.2) is 54.6 Å². The fraction of sp³-hybridized carbons (Fsp3) is 0.190. The van der Waals surface area contributed by atoms with Crippen LogP contribution in [0, 0.1) is 18.3 Å². The molecule has 0 saturated heterocycles. The molecule has 0 aliphatic rings. The molecule has 0 atom stereocenters. The average molecular weight is 359 g/mol. The Bertz CT molecular complexity index is 986. The van der Waals surface area contributed by atoms with Crippen LogP contribution in [0.3, 0.4) is 0 Å². The van der Waals surface area contributed by atoms with Crippen molar-refractivity contribution in [3.05, 3.63) is 77.0 Å². The zero-order valence-electron chi connectivity index (χ0n) is 15.1. The van der Waals surface area contributed by atoms with E-state index in [0.717, 1.165) is 11.3 Å². The third-order valence-corrected chi connectivity index (χ3v) is 4.26. The van der Waals surface area contributed by atoms with Gasteiger partial charge in [0.05, 0.1) is 11.4 Å². The summed E-state index contributed by atoms with van der Waals surface area (Å²) in [6, 6.07) is 19.1. The Balaban J connectivity index is 1.63. The van der Waals surface area contributed by atoms with Gasteiger partial charge in [0, 0.05) is 12.1 Å². The van der Waals surface area contributed by atoms with E-state index in [-0.39, 0.29) is 5.91 Å². The fourth-order valence-electron chi connectivity index (χ4n) is 2.89. The number of nitrogens with two attached hydrogens (primary N) is 1. The second-order valence-electron chi connectivity index (χ2n) is 6.30. The average Bonchev–Trinajstić information content (AvgIpc) is 3.01. The number of amides is 1. The van der Waals surface area contributed by atoms with Gasteiger partial charge in [-0.15, -0.1) is 0 Å². The van der Waals surface area contributed by atoms with Crippen LogP contribution >= 0.6 is 0 Å². The summed E-state index contributed by atoms with van der Waals surface area (Å²) in [7, 11) is 0. The minimum Gasteiger partial charge on any atom is -0.382 e. The summed E-state index contributed by atoms with van der Waals surface area (Å²) >= 11 is 0. The van der Waals surface area contributed by atoms with E-state index in [2.05, 4.69) is 16.5 Å². The van der Waals surface area contributed by atoms with Crippen molar-refractivity contribution in [3.8, 4) is 11.8 Å². The molecule has 136 valence electrons. The number of hydrogen-bond acceptors (Lipinski definition) is 4. The van der Waals surface area contributed by atoms with E-state index in [1.807, 2.05) is 55.5 Å². The first-order valence-electron chi connectivity index (χ1n) is 8.78. The molecule has 0 saturated carbocycles. The fourth-order valence-corrected chi connectivity index (χ4v) is 2.89. The van der Waals surface area contributed by atoms with Gasteiger partial charge in [0.1, 0.15) is 17.5 Å². The molecule has 1 aromatic heterocycles. The number of nitriles is 1. The number of para-hydroxylation sites is 1. The van der Waals surface area contributed by atoms with E-state index in [1.54, 1.807) is 10.7 Å². The minimum atomic E-state index is -0.103. The molecule has 0 radical (unpaired) electrons. The molecule has 6 heteroatoms. The van der Waals surface area contributed by atoms with Crippen LogP contribution in [0.5, 0.6) is 0 Å². The molecule has 3 N–H and O–H groups in total. The van der Waals surface area contributed by atoms with E-state index in [9.17, 15) is 10.1 Å². The normalized spacial score (nSPS) is 10.4. The summed E-state index contributed by atoms with van der Waals surface area (Å²) in [5.41, 5.74) is 9.63. The predicted molar refractivity (Wildman–Crippen MR) is 105 cm³/mol. The van der Waals surface area contributed by atoms with E-state index in [4.69, 9.17) is 5.73 Å². The highest BCUT2D eigenvalue weighted by Gasteiger charge is 2.16. The summed E-state index contributed by atoms with van der Waals surface area (Å²) in [6.07, 6.45) is 1.22. The summed E-state index contributed by atoms with van der Waals surface area (Å²) in [5, 5.41) is 16.8. The maximum absolute atomic E-state index is 12.2. The van der Waals surface area contributed by atoms with E-state index in [1.165, 1.54) is 0 Å². The summed E-state index contributed by atoms with van der Waals surface area (Å²) in [6.45, 7) is 2.45. The van der Waals surface area contributed by atoms with Crippen molar-refractivity contribution in [2.75, 3.05) is 12.3 Å². The first kappa shape index (κ1) is 18.2. The molecule has 27 heavy (non-hydrogen) atoms. The Morgan fingerprint density at radius 1 is 1.22 bits per heavy atom. The van der Waals surface area contributed by atoms with Crippen LogP contribution in [-0.4, -0.2) is 22.2 Å². The second kappa shape index (κ2) is 8.19. The number of nitrogen functional groups attached to an aromatic ring is 1. The highest BCUT2D eigenvalue weighted by Crippen LogP contribution is 2.21. The van der Waals surface area contributed by atoms with Crippen molar-refractivity contribution in [1.29, 1.82) is 5.26 Å². The van der Waals surface area contributed by atoms with Gasteiger partial charge >= 0.3 is 0 Å². The van der Waals surface area contributed by atoms with E-state index < -0.39 is 0 Å². The predicted octanol–water partition coefficient (Wildman–Crippen LogP) is 3.00. The lowest BCUT2D eigenvalue weighted by molar-refractivity contribution is 0.0953. The van der Waals surface area contributed by atoms with Crippen molar-refractivity contribution in [2.45, 2.75) is 19.8 Å². The van der Waals surface area contributed by atoms with Gasteiger partial charge in [0.25, 0.3) is 5.91 Å². The number of aromatic nitrogens is 2. The first-order valence-corrected chi connectivity index (χ1v) is 8.78. The van der Waals surface area contributed by atoms with Crippen molar-refractivity contribution in [1.82, 2.24) is 15.1 Å². The Labute approximate surface area is 158 Å². The molecule has 0 spiro atoms. The van der Waals surface area contributed by atoms with Gasteiger partial charge in [0.15, 0.2) is 0 Å². The van der Waals surface area contributed by atoms with Crippen LogP contribution in [-0.2, 0) is 6.42 Å². The highest BCUT2D eigenvalue weighted by atomic mass is 16.1. The minimum absolute atomic E-state index is 0.103. The molecule has 3 rings (SSSR count). The molecule has 6 nitrogen and oxygen atoms in total. The lowest BCUT2D eigenvalue weighted by Gasteiger charge is -2.05. The number of nitrogens with one attached hydrogen (secondary N) is 1. The van der Waals surface area contributed by atoms with Gasteiger partial charge in [-0.3, -0.25) is 4.79 Å². The number of anilines is 1. The van der Waals surface area contributed by atoms with Crippen molar-refractivity contribution < 1.29 is 4.79 Å². The maximum Gasteiger partial charge on any atom is 0.251 e. The van der Waals surface area contributed by atoms with Gasteiger partial charge in [-0.2, -0.15) is 10.4 Å². The zero-order chi connectivity index (χ0) is 19.2. The molecule has 0 aliphatic heterocycles. The smallest absolute Gasteiger partial charge is 0.251 e. The van der Waals surface area contributed by atoms with Crippen LogP contribution in [0.4, 0.5) is 5.82 Å². The molecular weight excluding hydrogens is 338 g/mol. The van der Waals surface area contributed by atoms with Crippen LogP contribution in [0.1, 0.15) is 33.6 Å². The quantitative estimate of drug-likeness (QED) is 0.661. The number of nitrogens with zero attached hydrogens (tertiary/aromatic N) is 3. The Morgan fingerprint density at radius 2 is 2.00 bits per heavy atom. The molecule has 0 fully saturated rings. The molecule has 1 amide bonds. The summed E-state index contributed by atoms with van der Waals surface area (Å²) in [5.74, 6) is 0.232. The monoisotopic (exact) mass is 359 g/mol. The van der Waals surface area contributed by atoms with Gasteiger partial charge in [-0.05, 0) is 44.0 Å². The topological polar surface area (TPSA) is 96.7 Å². The number of rotatable bonds is 6. The standard InChI is InChI=1S/C21H21N5O/c1-15-7-5-8-16(13-15)21(27)24-12-6-11-19-18(14-22)20(23)26(25-19)17-9-3-2-4-10-17/h2-5,7-10,13H,6,11-12,23H2,1H3,(H,24,27). The van der Waals surface area contributed by atoms with Gasteiger partial charge in [0.2, 0.25) is 0 Å². The van der Waals surface area contributed by atoms with E-state index in [0.29, 0.717) is 42.0 Å². The molecular formula is C21H21N5O. The molecule has 0 aliphatic carbocycles. The zero-order valence-corrected chi connectivity index (χ0v) is 15.1. The first-order chi connectivity index (χ1) is 13.1. The van der Waals surface area contributed by atoms with Crippen LogP contribution in [0.2, 0.25) is 0 Å². The number of carbonyl (C=O) groups is 1. The second-order valence-corrected chi connectivity index (χ2v) is 6.30. The van der Waals surface area contributed by atoms with E-state index >= 15 is 0 Å². The Kier molecular flexibility index (Phi) is 5.53. The molecule has 0 bridgehead atoms. The molecule has 3 aromatic rings. The SMILES string of the molecule is Cc1cccc(C(=O)NCCCc2nn(-c3ccccc3)c(N)c2C#N)c1. The lowest BCUT2D eigenvalue weighted by atomic mass is 10.1. The van der Waals surface area contributed by atoms with Gasteiger partial charge < -0.3 is 11.1 Å². The number of hydrogen-bond donors (Lipinski definition) is 2. The molecule has 2 aromatic carbocycles. The number of aryl methyl sites for hydroxylation is 2. The maximum atomic E-state index is 12.2. The largest absolute Gasteiger partial charge is 0.382 e. The van der Waals surface area contributed by atoms with Gasteiger partial charge in [-0.25, -0.2) is 4.68 Å². The Hall–Kier alpha value is -3.59. The molecule has 0 unspecified atom stereocenters. The third kappa shape index (κ3) is 4.15. The van der Waals surface area contributed by atoms with Gasteiger partial charge in [-0.1, -0.05) is 35.9 Å². The van der Waals surface area contributed by atoms with Crippen molar-refractivity contribution in [2.24, 2.45) is 0 Å². The lowest BCUT2D eigenvalue weighted by Crippen LogP contribution is -2.24. The van der Waals surface area contributed by atoms with Crippen molar-refractivity contribution in [3.63, 3.8) is 0 Å². The Morgan fingerprint density at radius 3 is 2.70 bits per heavy atom. The number of carbonyl (C=O) groups excluding carboxylic acids is 1.